The van der Waals surface area contributed by atoms with Gasteiger partial charge in [0.15, 0.2) is 0 Å². The highest BCUT2D eigenvalue weighted by Crippen LogP contribution is 2.26. The number of nitrogens with zero attached hydrogens (tertiary/aromatic N) is 1. The van der Waals surface area contributed by atoms with E-state index in [1.54, 1.807) is 0 Å². The monoisotopic (exact) mass is 296 g/mol. The lowest BCUT2D eigenvalue weighted by molar-refractivity contribution is -0.133. The van der Waals surface area contributed by atoms with Crippen LogP contribution in [0.3, 0.4) is 0 Å². The second kappa shape index (κ2) is 8.77. The van der Waals surface area contributed by atoms with Gasteiger partial charge < -0.3 is 10.2 Å². The quantitative estimate of drug-likeness (QED) is 0.777. The molecule has 0 aromatic heterocycles. The topological polar surface area (TPSA) is 32.3 Å². The molecule has 124 valence electrons. The molecular weight excluding hydrogens is 260 g/mol. The summed E-state index contributed by atoms with van der Waals surface area (Å²) in [6, 6.07) is 0. The van der Waals surface area contributed by atoms with E-state index in [4.69, 9.17) is 0 Å². The molecule has 0 aromatic carbocycles. The Morgan fingerprint density at radius 3 is 2.62 bits per heavy atom. The molecule has 1 N–H and O–H groups in total. The van der Waals surface area contributed by atoms with Gasteiger partial charge in [-0.25, -0.2) is 0 Å². The van der Waals surface area contributed by atoms with Crippen LogP contribution in [0.15, 0.2) is 0 Å². The molecular formula is C18H36N2O. The van der Waals surface area contributed by atoms with Crippen LogP contribution in [0.1, 0.15) is 66.7 Å². The average Bonchev–Trinajstić information content (AvgIpc) is 2.37. The van der Waals surface area contributed by atoms with Gasteiger partial charge in [0.1, 0.15) is 0 Å². The third-order valence-electron chi connectivity index (χ3n) is 4.21. The zero-order chi connectivity index (χ0) is 15.9. The van der Waals surface area contributed by atoms with Gasteiger partial charge in [-0.05, 0) is 56.0 Å². The van der Waals surface area contributed by atoms with Gasteiger partial charge >= 0.3 is 0 Å². The first-order chi connectivity index (χ1) is 9.81. The van der Waals surface area contributed by atoms with E-state index in [-0.39, 0.29) is 0 Å². The van der Waals surface area contributed by atoms with Gasteiger partial charge in [0.2, 0.25) is 5.91 Å². The van der Waals surface area contributed by atoms with Crippen molar-refractivity contribution in [3.05, 3.63) is 0 Å². The van der Waals surface area contributed by atoms with Gasteiger partial charge in [0.25, 0.3) is 0 Å². The maximum atomic E-state index is 12.6. The van der Waals surface area contributed by atoms with E-state index in [0.29, 0.717) is 29.6 Å². The smallest absolute Gasteiger partial charge is 0.222 e. The SMILES string of the molecule is CCCN(CC1CCCNC1)C(=O)CC(C)CC(C)(C)C. The Labute approximate surface area is 131 Å². The number of hydrogen-bond donors (Lipinski definition) is 1. The minimum atomic E-state index is 0.308. The Hall–Kier alpha value is -0.570. The van der Waals surface area contributed by atoms with E-state index >= 15 is 0 Å². The number of piperidine rings is 1. The first kappa shape index (κ1) is 18.5. The summed E-state index contributed by atoms with van der Waals surface area (Å²) in [5, 5.41) is 3.46. The predicted octanol–water partition coefficient (Wildman–Crippen LogP) is 3.69. The van der Waals surface area contributed by atoms with Crippen LogP contribution >= 0.6 is 0 Å². The summed E-state index contributed by atoms with van der Waals surface area (Å²) in [6.45, 7) is 15.2. The van der Waals surface area contributed by atoms with Crippen LogP contribution in [-0.4, -0.2) is 37.0 Å². The normalized spacial score (nSPS) is 21.1. The number of rotatable bonds is 7. The van der Waals surface area contributed by atoms with Crippen molar-refractivity contribution in [1.29, 1.82) is 0 Å². The fourth-order valence-corrected chi connectivity index (χ4v) is 3.52. The van der Waals surface area contributed by atoms with E-state index in [1.165, 1.54) is 12.8 Å². The van der Waals surface area contributed by atoms with Gasteiger partial charge in [0.05, 0.1) is 0 Å². The standard InChI is InChI=1S/C18H36N2O/c1-6-10-20(14-16-8-7-9-19-13-16)17(21)11-15(2)12-18(3,4)5/h15-16,19H,6-14H2,1-5H3. The van der Waals surface area contributed by atoms with Crippen molar-refractivity contribution < 1.29 is 4.79 Å². The van der Waals surface area contributed by atoms with Crippen LogP contribution < -0.4 is 5.32 Å². The molecule has 1 amide bonds. The van der Waals surface area contributed by atoms with Gasteiger partial charge in [-0.2, -0.15) is 0 Å². The fraction of sp³-hybridized carbons (Fsp3) is 0.944. The van der Waals surface area contributed by atoms with Crippen molar-refractivity contribution in [2.24, 2.45) is 17.3 Å². The van der Waals surface area contributed by atoms with E-state index in [9.17, 15) is 4.79 Å². The minimum Gasteiger partial charge on any atom is -0.342 e. The van der Waals surface area contributed by atoms with Crippen LogP contribution in [0.4, 0.5) is 0 Å². The zero-order valence-corrected chi connectivity index (χ0v) is 14.9. The molecule has 3 nitrogen and oxygen atoms in total. The molecule has 0 spiro atoms. The molecule has 0 bridgehead atoms. The third-order valence-corrected chi connectivity index (χ3v) is 4.21. The highest BCUT2D eigenvalue weighted by molar-refractivity contribution is 5.76. The Bertz CT molecular complexity index is 303. The summed E-state index contributed by atoms with van der Waals surface area (Å²) in [5.41, 5.74) is 0.308. The molecule has 21 heavy (non-hydrogen) atoms. The highest BCUT2D eigenvalue weighted by atomic mass is 16.2. The molecule has 0 radical (unpaired) electrons. The van der Waals surface area contributed by atoms with Gasteiger partial charge in [0, 0.05) is 19.5 Å². The van der Waals surface area contributed by atoms with Crippen molar-refractivity contribution in [2.75, 3.05) is 26.2 Å². The van der Waals surface area contributed by atoms with Crippen LogP contribution in [0.5, 0.6) is 0 Å². The van der Waals surface area contributed by atoms with Crippen molar-refractivity contribution in [2.45, 2.75) is 66.7 Å². The molecule has 2 unspecified atom stereocenters. The Morgan fingerprint density at radius 2 is 2.10 bits per heavy atom. The Morgan fingerprint density at radius 1 is 1.38 bits per heavy atom. The predicted molar refractivity (Wildman–Crippen MR) is 90.3 cm³/mol. The summed E-state index contributed by atoms with van der Waals surface area (Å²) < 4.78 is 0. The fourth-order valence-electron chi connectivity index (χ4n) is 3.52. The van der Waals surface area contributed by atoms with Crippen LogP contribution in [0.2, 0.25) is 0 Å². The molecule has 1 heterocycles. The van der Waals surface area contributed by atoms with Crippen molar-refractivity contribution in [3.63, 3.8) is 0 Å². The maximum Gasteiger partial charge on any atom is 0.222 e. The molecule has 3 heteroatoms. The van der Waals surface area contributed by atoms with Gasteiger partial charge in [-0.15, -0.1) is 0 Å². The van der Waals surface area contributed by atoms with E-state index in [2.05, 4.69) is 44.8 Å². The number of hydrogen-bond acceptors (Lipinski definition) is 2. The largest absolute Gasteiger partial charge is 0.342 e. The summed E-state index contributed by atoms with van der Waals surface area (Å²) in [5.74, 6) is 1.48. The van der Waals surface area contributed by atoms with Crippen molar-refractivity contribution >= 4 is 5.91 Å². The lowest BCUT2D eigenvalue weighted by Gasteiger charge is -2.31. The Kier molecular flexibility index (Phi) is 7.72. The molecule has 1 saturated heterocycles. The Balaban J connectivity index is 2.47. The van der Waals surface area contributed by atoms with Gasteiger partial charge in [-0.3, -0.25) is 4.79 Å². The van der Waals surface area contributed by atoms with Crippen molar-refractivity contribution in [1.82, 2.24) is 10.2 Å². The summed E-state index contributed by atoms with van der Waals surface area (Å²) in [7, 11) is 0. The number of carbonyl (C=O) groups excluding carboxylic acids is 1. The van der Waals surface area contributed by atoms with E-state index < -0.39 is 0 Å². The molecule has 2 atom stereocenters. The summed E-state index contributed by atoms with van der Waals surface area (Å²) >= 11 is 0. The maximum absolute atomic E-state index is 12.6. The first-order valence-corrected chi connectivity index (χ1v) is 8.80. The minimum absolute atomic E-state index is 0.308. The van der Waals surface area contributed by atoms with Crippen LogP contribution in [0.25, 0.3) is 0 Å². The number of carbonyl (C=O) groups is 1. The second-order valence-corrected chi connectivity index (χ2v) is 8.13. The second-order valence-electron chi connectivity index (χ2n) is 8.13. The van der Waals surface area contributed by atoms with E-state index in [1.807, 2.05) is 0 Å². The lowest BCUT2D eigenvalue weighted by Crippen LogP contribution is -2.41. The summed E-state index contributed by atoms with van der Waals surface area (Å²) in [4.78, 5) is 14.7. The number of nitrogens with one attached hydrogen (secondary N) is 1. The summed E-state index contributed by atoms with van der Waals surface area (Å²) in [6.07, 6.45) is 5.39. The molecule has 1 aliphatic rings. The van der Waals surface area contributed by atoms with Crippen molar-refractivity contribution in [3.8, 4) is 0 Å². The molecule has 0 aliphatic carbocycles. The van der Waals surface area contributed by atoms with Gasteiger partial charge in [-0.1, -0.05) is 34.6 Å². The van der Waals surface area contributed by atoms with Crippen LogP contribution in [-0.2, 0) is 4.79 Å². The third kappa shape index (κ3) is 7.85. The molecule has 1 fully saturated rings. The highest BCUT2D eigenvalue weighted by Gasteiger charge is 2.23. The van der Waals surface area contributed by atoms with Crippen LogP contribution in [0, 0.1) is 17.3 Å². The average molecular weight is 296 g/mol. The molecule has 0 saturated carbocycles. The first-order valence-electron chi connectivity index (χ1n) is 8.80. The van der Waals surface area contributed by atoms with E-state index in [0.717, 1.165) is 39.0 Å². The number of amides is 1. The molecule has 1 rings (SSSR count). The molecule has 0 aromatic rings. The molecule has 1 aliphatic heterocycles. The zero-order valence-electron chi connectivity index (χ0n) is 14.9. The lowest BCUT2D eigenvalue weighted by atomic mass is 9.84.